The minimum atomic E-state index is -0.536. The van der Waals surface area contributed by atoms with E-state index in [-0.39, 0.29) is 30.8 Å². The van der Waals surface area contributed by atoms with Crippen molar-refractivity contribution in [3.63, 3.8) is 0 Å². The van der Waals surface area contributed by atoms with Gasteiger partial charge in [-0.2, -0.15) is 0 Å². The van der Waals surface area contributed by atoms with Crippen LogP contribution in [0.25, 0.3) is 0 Å². The van der Waals surface area contributed by atoms with Gasteiger partial charge in [0.25, 0.3) is 0 Å². The van der Waals surface area contributed by atoms with E-state index in [1.807, 2.05) is 42.5 Å². The number of aliphatic hydroxyl groups is 1. The van der Waals surface area contributed by atoms with Gasteiger partial charge in [0.15, 0.2) is 0 Å². The van der Waals surface area contributed by atoms with Crippen LogP contribution in [0.5, 0.6) is 0 Å². The van der Waals surface area contributed by atoms with Crippen molar-refractivity contribution >= 4 is 17.5 Å². The summed E-state index contributed by atoms with van der Waals surface area (Å²) >= 11 is 6.03. The lowest BCUT2D eigenvalue weighted by Crippen LogP contribution is -2.55. The minimum Gasteiger partial charge on any atom is -0.389 e. The fourth-order valence-corrected chi connectivity index (χ4v) is 4.85. The van der Waals surface area contributed by atoms with Crippen LogP contribution in [-0.2, 0) is 27.2 Å². The number of β-amino-alcohol motifs (C(OH)–C–C–N with tert-alkyl or cyclic N) is 1. The highest BCUT2D eigenvalue weighted by Gasteiger charge is 2.38. The van der Waals surface area contributed by atoms with E-state index in [0.717, 1.165) is 24.8 Å². The Morgan fingerprint density at radius 1 is 1.06 bits per heavy atom. The molecule has 178 valence electrons. The molecular formula is C26H33ClN2O4. The predicted octanol–water partition coefficient (Wildman–Crippen LogP) is 3.20. The average molecular weight is 473 g/mol. The van der Waals surface area contributed by atoms with E-state index >= 15 is 0 Å². The topological polar surface area (TPSA) is 71.0 Å². The molecule has 0 spiro atoms. The first-order chi connectivity index (χ1) is 16.1. The Morgan fingerprint density at radius 3 is 2.64 bits per heavy atom. The van der Waals surface area contributed by atoms with Crippen LogP contribution >= 0.6 is 11.6 Å². The van der Waals surface area contributed by atoms with Crippen molar-refractivity contribution in [2.24, 2.45) is 0 Å². The van der Waals surface area contributed by atoms with Gasteiger partial charge in [0, 0.05) is 30.7 Å². The molecule has 33 heavy (non-hydrogen) atoms. The van der Waals surface area contributed by atoms with Crippen LogP contribution in [0.4, 0.5) is 0 Å². The molecule has 2 aromatic carbocycles. The molecule has 0 saturated carbocycles. The summed E-state index contributed by atoms with van der Waals surface area (Å²) in [6.45, 7) is 2.57. The third kappa shape index (κ3) is 7.26. The quantitative estimate of drug-likeness (QED) is 0.647. The van der Waals surface area contributed by atoms with E-state index in [9.17, 15) is 9.90 Å². The average Bonchev–Trinajstić information content (AvgIpc) is 2.80. The Morgan fingerprint density at radius 2 is 1.85 bits per heavy atom. The maximum Gasteiger partial charge on any atom is 0.222 e. The third-order valence-electron chi connectivity index (χ3n) is 6.38. The second-order valence-electron chi connectivity index (χ2n) is 8.98. The fraction of sp³-hybridized carbons (Fsp3) is 0.500. The summed E-state index contributed by atoms with van der Waals surface area (Å²) in [6, 6.07) is 18.1. The van der Waals surface area contributed by atoms with Crippen LogP contribution < -0.4 is 5.32 Å². The van der Waals surface area contributed by atoms with Crippen molar-refractivity contribution < 1.29 is 19.4 Å². The van der Waals surface area contributed by atoms with E-state index in [1.165, 1.54) is 5.56 Å². The van der Waals surface area contributed by atoms with Crippen molar-refractivity contribution in [2.75, 3.05) is 26.3 Å². The van der Waals surface area contributed by atoms with Gasteiger partial charge in [-0.15, -0.1) is 0 Å². The van der Waals surface area contributed by atoms with Gasteiger partial charge >= 0.3 is 0 Å². The number of ether oxygens (including phenoxy) is 2. The fourth-order valence-electron chi connectivity index (χ4n) is 4.72. The van der Waals surface area contributed by atoms with Gasteiger partial charge in [-0.05, 0) is 42.5 Å². The number of hydrogen-bond donors (Lipinski definition) is 2. The Kier molecular flexibility index (Phi) is 8.75. The van der Waals surface area contributed by atoms with Crippen molar-refractivity contribution in [3.8, 4) is 0 Å². The highest BCUT2D eigenvalue weighted by atomic mass is 35.5. The molecule has 2 saturated heterocycles. The molecule has 2 aliphatic heterocycles. The molecule has 2 fully saturated rings. The minimum absolute atomic E-state index is 0.0228. The van der Waals surface area contributed by atoms with Crippen LogP contribution in [0, 0.1) is 0 Å². The summed E-state index contributed by atoms with van der Waals surface area (Å²) in [5.41, 5.74) is 2.36. The summed E-state index contributed by atoms with van der Waals surface area (Å²) in [5.74, 6) is 0.0228. The Hall–Kier alpha value is -1.96. The molecule has 0 unspecified atom stereocenters. The number of nitrogens with zero attached hydrogens (tertiary/aromatic N) is 1. The van der Waals surface area contributed by atoms with E-state index in [0.29, 0.717) is 37.7 Å². The second kappa shape index (κ2) is 12.0. The highest BCUT2D eigenvalue weighted by Crippen LogP contribution is 2.29. The van der Waals surface area contributed by atoms with Crippen LogP contribution in [0.15, 0.2) is 54.6 Å². The molecule has 2 aromatic rings. The highest BCUT2D eigenvalue weighted by molar-refractivity contribution is 6.30. The van der Waals surface area contributed by atoms with E-state index in [1.54, 1.807) is 0 Å². The number of carbonyl (C=O) groups is 1. The molecule has 4 rings (SSSR count). The van der Waals surface area contributed by atoms with Gasteiger partial charge in [-0.25, -0.2) is 0 Å². The number of aliphatic hydroxyl groups excluding tert-OH is 1. The van der Waals surface area contributed by atoms with Crippen LogP contribution in [0.1, 0.15) is 30.4 Å². The summed E-state index contributed by atoms with van der Waals surface area (Å²) < 4.78 is 12.1. The smallest absolute Gasteiger partial charge is 0.222 e. The lowest BCUT2D eigenvalue weighted by atomic mass is 9.94. The third-order valence-corrected chi connectivity index (χ3v) is 6.63. The number of benzene rings is 2. The van der Waals surface area contributed by atoms with Crippen LogP contribution in [-0.4, -0.2) is 66.6 Å². The molecule has 0 aromatic heterocycles. The zero-order valence-corrected chi connectivity index (χ0v) is 19.6. The summed E-state index contributed by atoms with van der Waals surface area (Å²) in [7, 11) is 0. The molecule has 0 aliphatic carbocycles. The zero-order chi connectivity index (χ0) is 23.0. The van der Waals surface area contributed by atoms with Gasteiger partial charge < -0.3 is 19.9 Å². The Labute approximate surface area is 200 Å². The summed E-state index contributed by atoms with van der Waals surface area (Å²) in [4.78, 5) is 14.8. The second-order valence-corrected chi connectivity index (χ2v) is 9.41. The lowest BCUT2D eigenvalue weighted by Gasteiger charge is -2.44. The standard InChI is InChI=1S/C26H33ClN2O4/c27-21-8-6-20(7-9-21)15-29-16-22(30)17-32-18-25-24(29)11-10-23(33-25)14-26(31)28-13-12-19-4-2-1-3-5-19/h1-9,22-25,30H,10-18H2,(H,28,31)/t22-,23+,24-,25+/m1/s1. The Bertz CT molecular complexity index is 880. The first-order valence-electron chi connectivity index (χ1n) is 11.8. The van der Waals surface area contributed by atoms with Gasteiger partial charge in [0.05, 0.1) is 37.9 Å². The molecule has 2 N–H and O–H groups in total. The van der Waals surface area contributed by atoms with Crippen LogP contribution in [0.3, 0.4) is 0 Å². The monoisotopic (exact) mass is 472 g/mol. The number of hydrogen-bond acceptors (Lipinski definition) is 5. The number of carbonyl (C=O) groups excluding carboxylic acids is 1. The predicted molar refractivity (Wildman–Crippen MR) is 128 cm³/mol. The normalized spacial score (nSPS) is 26.1. The molecule has 0 radical (unpaired) electrons. The van der Waals surface area contributed by atoms with Crippen molar-refractivity contribution in [2.45, 2.75) is 56.6 Å². The van der Waals surface area contributed by atoms with Gasteiger partial charge in [0.1, 0.15) is 0 Å². The maximum absolute atomic E-state index is 12.5. The van der Waals surface area contributed by atoms with Gasteiger partial charge in [-0.3, -0.25) is 9.69 Å². The number of rotatable bonds is 7. The SMILES string of the molecule is O=C(C[C@@H]1CC[C@@H]2[C@H](COC[C@H](O)CN2Cc2ccc(Cl)cc2)O1)NCCc1ccccc1. The summed E-state index contributed by atoms with van der Waals surface area (Å²) in [5, 5.41) is 14.1. The zero-order valence-electron chi connectivity index (χ0n) is 18.9. The molecule has 2 heterocycles. The van der Waals surface area contributed by atoms with E-state index < -0.39 is 6.10 Å². The first-order valence-corrected chi connectivity index (χ1v) is 12.1. The first kappa shape index (κ1) is 24.2. The van der Waals surface area contributed by atoms with E-state index in [4.69, 9.17) is 21.1 Å². The van der Waals surface area contributed by atoms with Crippen molar-refractivity contribution in [1.82, 2.24) is 10.2 Å². The summed E-state index contributed by atoms with van der Waals surface area (Å²) in [6.07, 6.45) is 2.10. The van der Waals surface area contributed by atoms with Crippen LogP contribution in [0.2, 0.25) is 5.02 Å². The number of halogens is 1. The number of amides is 1. The molecule has 4 atom stereocenters. The lowest BCUT2D eigenvalue weighted by molar-refractivity contribution is -0.158. The van der Waals surface area contributed by atoms with Crippen molar-refractivity contribution in [1.29, 1.82) is 0 Å². The molecule has 1 amide bonds. The molecule has 7 heteroatoms. The molecule has 2 aliphatic rings. The maximum atomic E-state index is 12.5. The largest absolute Gasteiger partial charge is 0.389 e. The Balaban J connectivity index is 1.30. The molecule has 6 nitrogen and oxygen atoms in total. The van der Waals surface area contributed by atoms with Crippen molar-refractivity contribution in [3.05, 3.63) is 70.7 Å². The van der Waals surface area contributed by atoms with Gasteiger partial charge in [0.2, 0.25) is 5.91 Å². The number of nitrogens with one attached hydrogen (secondary N) is 1. The van der Waals surface area contributed by atoms with Gasteiger partial charge in [-0.1, -0.05) is 54.1 Å². The number of fused-ring (bicyclic) bond motifs is 1. The van der Waals surface area contributed by atoms with E-state index in [2.05, 4.69) is 22.3 Å². The molecular weight excluding hydrogens is 440 g/mol. The molecule has 0 bridgehead atoms.